The lowest BCUT2D eigenvalue weighted by molar-refractivity contribution is 0.0627. The molecular weight excluding hydrogens is 302 g/mol. The summed E-state index contributed by atoms with van der Waals surface area (Å²) in [7, 11) is 0. The molecule has 5 nitrogen and oxygen atoms in total. The van der Waals surface area contributed by atoms with Crippen molar-refractivity contribution in [1.29, 1.82) is 0 Å². The molecule has 0 bridgehead atoms. The molecule has 2 N–H and O–H groups in total. The molecular formula is C19H23N3O2. The Kier molecular flexibility index (Phi) is 4.99. The average Bonchev–Trinajstić information content (AvgIpc) is 2.61. The molecule has 1 aliphatic heterocycles. The molecule has 2 aromatic rings. The van der Waals surface area contributed by atoms with Gasteiger partial charge >= 0.3 is 0 Å². The number of hydrogen-bond donors (Lipinski definition) is 1. The Morgan fingerprint density at radius 2 is 2.12 bits per heavy atom. The number of piperidine rings is 1. The van der Waals surface area contributed by atoms with Crippen LogP contribution in [0.5, 0.6) is 5.75 Å². The third kappa shape index (κ3) is 4.04. The van der Waals surface area contributed by atoms with Crippen molar-refractivity contribution in [3.63, 3.8) is 0 Å². The molecule has 24 heavy (non-hydrogen) atoms. The van der Waals surface area contributed by atoms with Crippen molar-refractivity contribution in [2.45, 2.75) is 19.8 Å². The number of nitrogens with zero attached hydrogens (tertiary/aromatic N) is 2. The van der Waals surface area contributed by atoms with Crippen molar-refractivity contribution in [3.05, 3.63) is 53.9 Å². The molecule has 1 atom stereocenters. The first-order valence-electron chi connectivity index (χ1n) is 8.32. The van der Waals surface area contributed by atoms with Gasteiger partial charge in [0.05, 0.1) is 6.61 Å². The predicted octanol–water partition coefficient (Wildman–Crippen LogP) is 2.90. The number of anilines is 1. The zero-order chi connectivity index (χ0) is 16.9. The first kappa shape index (κ1) is 16.3. The third-order valence-corrected chi connectivity index (χ3v) is 4.32. The minimum Gasteiger partial charge on any atom is -0.493 e. The fraction of sp³-hybridized carbons (Fsp3) is 0.368. The van der Waals surface area contributed by atoms with Crippen LogP contribution >= 0.6 is 0 Å². The van der Waals surface area contributed by atoms with Crippen LogP contribution in [0.15, 0.2) is 42.6 Å². The Morgan fingerprint density at radius 1 is 1.33 bits per heavy atom. The lowest BCUT2D eigenvalue weighted by Crippen LogP contribution is -2.41. The molecule has 3 rings (SSSR count). The maximum absolute atomic E-state index is 12.6. The molecule has 1 amide bonds. The number of nitrogen functional groups attached to an aromatic ring is 1. The Hall–Kier alpha value is -2.56. The fourth-order valence-corrected chi connectivity index (χ4v) is 2.96. The van der Waals surface area contributed by atoms with E-state index in [4.69, 9.17) is 10.5 Å². The number of aromatic nitrogens is 1. The van der Waals surface area contributed by atoms with Crippen LogP contribution in [-0.2, 0) is 0 Å². The van der Waals surface area contributed by atoms with Crippen molar-refractivity contribution < 1.29 is 9.53 Å². The molecule has 0 saturated carbocycles. The number of carbonyl (C=O) groups is 1. The number of aryl methyl sites for hydroxylation is 1. The van der Waals surface area contributed by atoms with Gasteiger partial charge in [-0.25, -0.2) is 0 Å². The summed E-state index contributed by atoms with van der Waals surface area (Å²) in [4.78, 5) is 18.6. The summed E-state index contributed by atoms with van der Waals surface area (Å²) in [5.41, 5.74) is 7.93. The van der Waals surface area contributed by atoms with Gasteiger partial charge in [0.25, 0.3) is 5.91 Å². The van der Waals surface area contributed by atoms with E-state index in [9.17, 15) is 4.79 Å². The molecule has 0 spiro atoms. The smallest absolute Gasteiger partial charge is 0.272 e. The fourth-order valence-electron chi connectivity index (χ4n) is 2.96. The number of carbonyl (C=O) groups excluding carboxylic acids is 1. The van der Waals surface area contributed by atoms with Crippen LogP contribution in [0.25, 0.3) is 0 Å². The highest BCUT2D eigenvalue weighted by Crippen LogP contribution is 2.20. The Morgan fingerprint density at radius 3 is 2.88 bits per heavy atom. The van der Waals surface area contributed by atoms with E-state index in [2.05, 4.69) is 11.9 Å². The molecule has 2 heterocycles. The van der Waals surface area contributed by atoms with E-state index in [0.29, 0.717) is 30.5 Å². The number of rotatable bonds is 4. The summed E-state index contributed by atoms with van der Waals surface area (Å²) in [6, 6.07) is 11.4. The summed E-state index contributed by atoms with van der Waals surface area (Å²) >= 11 is 0. The SMILES string of the molecule is Cc1ccc(OC[C@H]2CCCN(C(=O)c3cc(N)ccn3)C2)cc1. The van der Waals surface area contributed by atoms with Crippen LogP contribution in [0.3, 0.4) is 0 Å². The number of hydrogen-bond acceptors (Lipinski definition) is 4. The molecule has 1 aromatic carbocycles. The van der Waals surface area contributed by atoms with Gasteiger partial charge in [0.2, 0.25) is 0 Å². The van der Waals surface area contributed by atoms with E-state index in [1.807, 2.05) is 29.2 Å². The molecule has 0 radical (unpaired) electrons. The topological polar surface area (TPSA) is 68.5 Å². The van der Waals surface area contributed by atoms with E-state index in [-0.39, 0.29) is 5.91 Å². The van der Waals surface area contributed by atoms with Crippen LogP contribution in [0.4, 0.5) is 5.69 Å². The highest BCUT2D eigenvalue weighted by Gasteiger charge is 2.25. The molecule has 5 heteroatoms. The maximum Gasteiger partial charge on any atom is 0.272 e. The molecule has 1 aromatic heterocycles. The van der Waals surface area contributed by atoms with Gasteiger partial charge in [0, 0.05) is 30.9 Å². The number of amides is 1. The highest BCUT2D eigenvalue weighted by molar-refractivity contribution is 5.93. The van der Waals surface area contributed by atoms with Gasteiger partial charge in [0.1, 0.15) is 11.4 Å². The van der Waals surface area contributed by atoms with Crippen LogP contribution in [0.1, 0.15) is 28.9 Å². The summed E-state index contributed by atoms with van der Waals surface area (Å²) in [5, 5.41) is 0. The standard InChI is InChI=1S/C19H23N3O2/c1-14-4-6-17(7-5-14)24-13-15-3-2-10-22(12-15)19(23)18-11-16(20)8-9-21-18/h4-9,11,15H,2-3,10,12-13H2,1H3,(H2,20,21)/t15-/m0/s1. The Labute approximate surface area is 142 Å². The molecule has 1 saturated heterocycles. The van der Waals surface area contributed by atoms with Crippen molar-refractivity contribution in [1.82, 2.24) is 9.88 Å². The Bertz CT molecular complexity index is 700. The van der Waals surface area contributed by atoms with Crippen molar-refractivity contribution >= 4 is 11.6 Å². The van der Waals surface area contributed by atoms with Crippen LogP contribution in [0.2, 0.25) is 0 Å². The zero-order valence-corrected chi connectivity index (χ0v) is 13.9. The lowest BCUT2D eigenvalue weighted by Gasteiger charge is -2.32. The maximum atomic E-state index is 12.6. The van der Waals surface area contributed by atoms with Crippen molar-refractivity contribution in [2.24, 2.45) is 5.92 Å². The van der Waals surface area contributed by atoms with Gasteiger partial charge in [-0.3, -0.25) is 9.78 Å². The normalized spacial score (nSPS) is 17.5. The van der Waals surface area contributed by atoms with Gasteiger partial charge in [-0.2, -0.15) is 0 Å². The molecule has 1 fully saturated rings. The lowest BCUT2D eigenvalue weighted by atomic mass is 9.98. The summed E-state index contributed by atoms with van der Waals surface area (Å²) in [6.07, 6.45) is 3.63. The van der Waals surface area contributed by atoms with Gasteiger partial charge in [-0.05, 0) is 44.0 Å². The highest BCUT2D eigenvalue weighted by atomic mass is 16.5. The van der Waals surface area contributed by atoms with E-state index in [0.717, 1.165) is 25.1 Å². The number of benzene rings is 1. The van der Waals surface area contributed by atoms with E-state index in [1.54, 1.807) is 18.3 Å². The summed E-state index contributed by atoms with van der Waals surface area (Å²) in [5.74, 6) is 1.16. The minimum absolute atomic E-state index is 0.0534. The van der Waals surface area contributed by atoms with Crippen molar-refractivity contribution in [3.8, 4) is 5.75 Å². The van der Waals surface area contributed by atoms with E-state index >= 15 is 0 Å². The average molecular weight is 325 g/mol. The quantitative estimate of drug-likeness (QED) is 0.938. The summed E-state index contributed by atoms with van der Waals surface area (Å²) in [6.45, 7) is 4.13. The Balaban J connectivity index is 1.57. The van der Waals surface area contributed by atoms with Gasteiger partial charge in [0.15, 0.2) is 0 Å². The largest absolute Gasteiger partial charge is 0.493 e. The van der Waals surface area contributed by atoms with Crippen LogP contribution in [0, 0.1) is 12.8 Å². The third-order valence-electron chi connectivity index (χ3n) is 4.32. The predicted molar refractivity (Wildman–Crippen MR) is 94.0 cm³/mol. The van der Waals surface area contributed by atoms with Gasteiger partial charge < -0.3 is 15.4 Å². The van der Waals surface area contributed by atoms with E-state index < -0.39 is 0 Å². The second-order valence-electron chi connectivity index (χ2n) is 6.36. The number of nitrogens with two attached hydrogens (primary N) is 1. The first-order valence-corrected chi connectivity index (χ1v) is 8.32. The summed E-state index contributed by atoms with van der Waals surface area (Å²) < 4.78 is 5.88. The second kappa shape index (κ2) is 7.34. The van der Waals surface area contributed by atoms with Crippen LogP contribution in [-0.4, -0.2) is 35.5 Å². The van der Waals surface area contributed by atoms with Crippen molar-refractivity contribution in [2.75, 3.05) is 25.4 Å². The molecule has 0 aliphatic carbocycles. The van der Waals surface area contributed by atoms with Gasteiger partial charge in [-0.1, -0.05) is 17.7 Å². The van der Waals surface area contributed by atoms with Gasteiger partial charge in [-0.15, -0.1) is 0 Å². The first-order chi connectivity index (χ1) is 11.6. The second-order valence-corrected chi connectivity index (χ2v) is 6.36. The van der Waals surface area contributed by atoms with E-state index in [1.165, 1.54) is 5.56 Å². The number of likely N-dealkylation sites (tertiary alicyclic amines) is 1. The van der Waals surface area contributed by atoms with Crippen LogP contribution < -0.4 is 10.5 Å². The monoisotopic (exact) mass is 325 g/mol. The number of ether oxygens (including phenoxy) is 1. The minimum atomic E-state index is -0.0534. The number of pyridine rings is 1. The zero-order valence-electron chi connectivity index (χ0n) is 13.9. The molecule has 1 aliphatic rings. The molecule has 0 unspecified atom stereocenters. The molecule has 126 valence electrons.